The fraction of sp³-hybridized carbons (Fsp3) is 0.520. The van der Waals surface area contributed by atoms with E-state index in [0.29, 0.717) is 11.8 Å². The fourth-order valence-corrected chi connectivity index (χ4v) is 5.40. The Kier molecular flexibility index (Phi) is 5.89. The summed E-state index contributed by atoms with van der Waals surface area (Å²) in [5.74, 6) is -2.97. The first-order valence-electron chi connectivity index (χ1n) is 11.9. The molecule has 1 amide bonds. The van der Waals surface area contributed by atoms with Crippen molar-refractivity contribution in [3.63, 3.8) is 0 Å². The van der Waals surface area contributed by atoms with Gasteiger partial charge in [-0.2, -0.15) is 13.2 Å². The van der Waals surface area contributed by atoms with Crippen LogP contribution in [0.4, 0.5) is 27.6 Å². The molecule has 1 aromatic heterocycles. The van der Waals surface area contributed by atoms with Crippen LogP contribution in [0.5, 0.6) is 0 Å². The van der Waals surface area contributed by atoms with Crippen molar-refractivity contribution in [3.8, 4) is 0 Å². The average Bonchev–Trinajstić information content (AvgIpc) is 3.24. The van der Waals surface area contributed by atoms with E-state index in [9.17, 15) is 31.5 Å². The zero-order valence-electron chi connectivity index (χ0n) is 19.8. The molecule has 3 aliphatic rings. The van der Waals surface area contributed by atoms with Crippen LogP contribution in [-0.4, -0.2) is 47.5 Å². The standard InChI is InChI=1S/C25H27F5N4O2/c1-13(14-4-3-5-15(8-14)25(28,29)30)31-23(36)18-12-34(20-6-7-24(20,26)27)21(35)9-19(18)32-22-16-10-33(2)11-17(16)22/h3-5,8-9,12-13,16-17,20,22,32H,6-7,10-11H2,1-2H3,(H,31,36)/t13-,16-,17+,20-,22?/m1/s1. The van der Waals surface area contributed by atoms with E-state index in [1.165, 1.54) is 25.1 Å². The minimum absolute atomic E-state index is 0.00875. The van der Waals surface area contributed by atoms with Crippen molar-refractivity contribution in [2.45, 2.75) is 50.0 Å². The SMILES string of the molecule is C[C@@H](NC(=O)c1cn([C@@H]2CCC2(F)F)c(=O)cc1NC1[C@H]2CN(C)C[C@@H]12)c1cccc(C(F)(F)F)c1. The molecule has 0 radical (unpaired) electrons. The van der Waals surface area contributed by atoms with Gasteiger partial charge in [0.2, 0.25) is 0 Å². The lowest BCUT2D eigenvalue weighted by molar-refractivity contribution is -0.137. The number of carbonyl (C=O) groups is 1. The highest BCUT2D eigenvalue weighted by molar-refractivity contribution is 5.99. The molecule has 0 bridgehead atoms. The van der Waals surface area contributed by atoms with Gasteiger partial charge in [0.15, 0.2) is 0 Å². The quantitative estimate of drug-likeness (QED) is 0.569. The normalized spacial score (nSPS) is 27.6. The predicted molar refractivity (Wildman–Crippen MR) is 123 cm³/mol. The average molecular weight is 511 g/mol. The molecule has 5 atom stereocenters. The highest BCUT2D eigenvalue weighted by Gasteiger charge is 2.55. The lowest BCUT2D eigenvalue weighted by Gasteiger charge is -2.37. The predicted octanol–water partition coefficient (Wildman–Crippen LogP) is 4.30. The van der Waals surface area contributed by atoms with Crippen molar-refractivity contribution in [1.29, 1.82) is 0 Å². The van der Waals surface area contributed by atoms with Crippen LogP contribution in [0.25, 0.3) is 0 Å². The second-order valence-corrected chi connectivity index (χ2v) is 10.2. The van der Waals surface area contributed by atoms with Gasteiger partial charge in [0.05, 0.1) is 22.9 Å². The van der Waals surface area contributed by atoms with E-state index in [2.05, 4.69) is 15.5 Å². The number of nitrogens with one attached hydrogen (secondary N) is 2. The van der Waals surface area contributed by atoms with Crippen molar-refractivity contribution >= 4 is 11.6 Å². The summed E-state index contributed by atoms with van der Waals surface area (Å²) in [4.78, 5) is 28.2. The fourth-order valence-electron chi connectivity index (χ4n) is 5.40. The number of nitrogens with zero attached hydrogens (tertiary/aromatic N) is 2. The van der Waals surface area contributed by atoms with Crippen LogP contribution in [0, 0.1) is 11.8 Å². The van der Waals surface area contributed by atoms with E-state index in [1.54, 1.807) is 0 Å². The lowest BCUT2D eigenvalue weighted by atomic mass is 9.87. The molecule has 1 saturated heterocycles. The third-order valence-electron chi connectivity index (χ3n) is 7.66. The molecule has 2 heterocycles. The van der Waals surface area contributed by atoms with E-state index in [1.807, 2.05) is 7.05 Å². The van der Waals surface area contributed by atoms with E-state index < -0.39 is 41.2 Å². The number of alkyl halides is 5. The zero-order chi connectivity index (χ0) is 26.0. The van der Waals surface area contributed by atoms with E-state index in [0.717, 1.165) is 36.0 Å². The maximum Gasteiger partial charge on any atom is 0.416 e. The van der Waals surface area contributed by atoms with Gasteiger partial charge in [-0.15, -0.1) is 0 Å². The number of piperidine rings is 1. The van der Waals surface area contributed by atoms with E-state index in [-0.39, 0.29) is 35.7 Å². The number of rotatable bonds is 6. The minimum Gasteiger partial charge on any atom is -0.381 e. The number of aromatic nitrogens is 1. The van der Waals surface area contributed by atoms with Gasteiger partial charge in [0.1, 0.15) is 6.04 Å². The van der Waals surface area contributed by atoms with Gasteiger partial charge in [-0.25, -0.2) is 8.78 Å². The number of fused-ring (bicyclic) bond motifs is 1. The molecule has 11 heteroatoms. The van der Waals surface area contributed by atoms with Crippen molar-refractivity contribution in [2.24, 2.45) is 11.8 Å². The van der Waals surface area contributed by atoms with E-state index in [4.69, 9.17) is 0 Å². The third-order valence-corrected chi connectivity index (χ3v) is 7.66. The van der Waals surface area contributed by atoms with Crippen LogP contribution in [0.15, 0.2) is 41.3 Å². The maximum atomic E-state index is 14.1. The van der Waals surface area contributed by atoms with E-state index >= 15 is 0 Å². The Balaban J connectivity index is 1.42. The highest BCUT2D eigenvalue weighted by Crippen LogP contribution is 2.48. The second-order valence-electron chi connectivity index (χ2n) is 10.2. The van der Waals surface area contributed by atoms with Gasteiger partial charge in [0.25, 0.3) is 17.4 Å². The number of benzene rings is 1. The minimum atomic E-state index is -4.53. The van der Waals surface area contributed by atoms with Crippen LogP contribution in [0.2, 0.25) is 0 Å². The Morgan fingerprint density at radius 1 is 1.17 bits per heavy atom. The number of hydrogen-bond acceptors (Lipinski definition) is 4. The molecule has 1 aromatic carbocycles. The molecule has 0 spiro atoms. The monoisotopic (exact) mass is 510 g/mol. The molecule has 2 aromatic rings. The van der Waals surface area contributed by atoms with Gasteiger partial charge in [-0.05, 0) is 49.9 Å². The molecule has 6 nitrogen and oxygen atoms in total. The Morgan fingerprint density at radius 3 is 2.44 bits per heavy atom. The molecule has 2 saturated carbocycles. The van der Waals surface area contributed by atoms with Crippen LogP contribution in [0.1, 0.15) is 53.3 Å². The number of amides is 1. The summed E-state index contributed by atoms with van der Waals surface area (Å²) in [6.45, 7) is 3.29. The van der Waals surface area contributed by atoms with Gasteiger partial charge in [-0.3, -0.25) is 9.59 Å². The first-order chi connectivity index (χ1) is 16.8. The van der Waals surface area contributed by atoms with Crippen molar-refractivity contribution < 1.29 is 26.7 Å². The zero-order valence-corrected chi connectivity index (χ0v) is 19.8. The summed E-state index contributed by atoms with van der Waals surface area (Å²) in [5.41, 5.74) is -0.975. The Morgan fingerprint density at radius 2 is 1.86 bits per heavy atom. The topological polar surface area (TPSA) is 66.4 Å². The summed E-state index contributed by atoms with van der Waals surface area (Å²) in [7, 11) is 2.01. The van der Waals surface area contributed by atoms with Gasteiger partial charge >= 0.3 is 6.18 Å². The van der Waals surface area contributed by atoms with Gasteiger partial charge in [0, 0.05) is 37.8 Å². The molecule has 1 aliphatic heterocycles. The molecular formula is C25H27F5N4O2. The summed E-state index contributed by atoms with van der Waals surface area (Å²) in [6.07, 6.45) is -3.60. The first kappa shape index (κ1) is 24.7. The summed E-state index contributed by atoms with van der Waals surface area (Å²) < 4.78 is 68.5. The maximum absolute atomic E-state index is 14.1. The number of anilines is 1. The highest BCUT2D eigenvalue weighted by atomic mass is 19.4. The summed E-state index contributed by atoms with van der Waals surface area (Å²) in [6, 6.07) is 3.74. The second kappa shape index (κ2) is 8.57. The molecule has 36 heavy (non-hydrogen) atoms. The van der Waals surface area contributed by atoms with Gasteiger partial charge < -0.3 is 20.1 Å². The van der Waals surface area contributed by atoms with Gasteiger partial charge in [-0.1, -0.05) is 12.1 Å². The molecule has 1 unspecified atom stereocenters. The Hall–Kier alpha value is -2.95. The van der Waals surface area contributed by atoms with Crippen LogP contribution in [0.3, 0.4) is 0 Å². The molecule has 2 aliphatic carbocycles. The smallest absolute Gasteiger partial charge is 0.381 e. The van der Waals surface area contributed by atoms with Crippen LogP contribution >= 0.6 is 0 Å². The number of hydrogen-bond donors (Lipinski definition) is 2. The number of halogens is 5. The summed E-state index contributed by atoms with van der Waals surface area (Å²) >= 11 is 0. The van der Waals surface area contributed by atoms with Crippen LogP contribution in [-0.2, 0) is 6.18 Å². The molecular weight excluding hydrogens is 483 g/mol. The Labute approximate surface area is 204 Å². The van der Waals surface area contributed by atoms with Crippen molar-refractivity contribution in [3.05, 3.63) is 63.6 Å². The van der Waals surface area contributed by atoms with Crippen molar-refractivity contribution in [2.75, 3.05) is 25.5 Å². The Bertz CT molecular complexity index is 1230. The number of pyridine rings is 1. The number of likely N-dealkylation sites (tertiary alicyclic amines) is 1. The lowest BCUT2D eigenvalue weighted by Crippen LogP contribution is -2.45. The molecule has 2 N–H and O–H groups in total. The largest absolute Gasteiger partial charge is 0.416 e. The van der Waals surface area contributed by atoms with Crippen LogP contribution < -0.4 is 16.2 Å². The third kappa shape index (κ3) is 4.49. The molecule has 194 valence electrons. The molecule has 5 rings (SSSR count). The number of carbonyl (C=O) groups excluding carboxylic acids is 1. The molecule has 3 fully saturated rings. The van der Waals surface area contributed by atoms with Crippen molar-refractivity contribution in [1.82, 2.24) is 14.8 Å². The first-order valence-corrected chi connectivity index (χ1v) is 11.9. The summed E-state index contributed by atoms with van der Waals surface area (Å²) in [5, 5.41) is 5.92.